The van der Waals surface area contributed by atoms with Crippen LogP contribution in [0.1, 0.15) is 31.4 Å². The first-order valence-electron chi connectivity index (χ1n) is 5.77. The van der Waals surface area contributed by atoms with Crippen molar-refractivity contribution < 1.29 is 14.1 Å². The lowest BCUT2D eigenvalue weighted by Gasteiger charge is -2.18. The van der Waals surface area contributed by atoms with Gasteiger partial charge in [-0.25, -0.2) is 0 Å². The van der Waals surface area contributed by atoms with Gasteiger partial charge in [0.25, 0.3) is 0 Å². The van der Waals surface area contributed by atoms with Crippen molar-refractivity contribution in [2.75, 3.05) is 5.32 Å². The van der Waals surface area contributed by atoms with Crippen molar-refractivity contribution in [3.63, 3.8) is 0 Å². The van der Waals surface area contributed by atoms with Crippen LogP contribution in [0.15, 0.2) is 6.07 Å². The van der Waals surface area contributed by atoms with Gasteiger partial charge in [0.1, 0.15) is 0 Å². The fourth-order valence-corrected chi connectivity index (χ4v) is 1.80. The van der Waals surface area contributed by atoms with E-state index in [2.05, 4.69) is 5.32 Å². The zero-order valence-electron chi connectivity index (χ0n) is 10.5. The van der Waals surface area contributed by atoms with Gasteiger partial charge < -0.3 is 5.32 Å². The highest BCUT2D eigenvalue weighted by molar-refractivity contribution is 5.95. The first-order valence-corrected chi connectivity index (χ1v) is 5.77. The smallest absolute Gasteiger partial charge is 0.305 e. The Morgan fingerprint density at radius 3 is 2.56 bits per heavy atom. The second-order valence-corrected chi connectivity index (χ2v) is 3.67. The largest absolute Gasteiger partial charge is 0.325 e. The summed E-state index contributed by atoms with van der Waals surface area (Å²) in [5, 5.41) is 13.1. The first-order chi connectivity index (χ1) is 8.50. The van der Waals surface area contributed by atoms with Crippen LogP contribution in [-0.4, -0.2) is 10.8 Å². The maximum Gasteiger partial charge on any atom is 0.305 e. The molecular formula is C12H15FN2O3. The van der Waals surface area contributed by atoms with Crippen molar-refractivity contribution in [2.45, 2.75) is 33.6 Å². The Morgan fingerprint density at radius 2 is 2.00 bits per heavy atom. The number of fused-ring (bicyclic) bond motifs is 1. The van der Waals surface area contributed by atoms with Crippen molar-refractivity contribution in [1.82, 2.24) is 0 Å². The Labute approximate surface area is 104 Å². The summed E-state index contributed by atoms with van der Waals surface area (Å²) in [6, 6.07) is 1.19. The summed E-state index contributed by atoms with van der Waals surface area (Å²) >= 11 is 0. The molecule has 1 aliphatic rings. The minimum absolute atomic E-state index is 0.122. The van der Waals surface area contributed by atoms with Gasteiger partial charge in [-0.1, -0.05) is 13.8 Å². The van der Waals surface area contributed by atoms with Gasteiger partial charge in [-0.15, -0.1) is 0 Å². The lowest BCUT2D eigenvalue weighted by atomic mass is 9.98. The number of nitrogens with zero attached hydrogens (tertiary/aromatic N) is 1. The van der Waals surface area contributed by atoms with E-state index in [1.165, 1.54) is 13.0 Å². The first kappa shape index (κ1) is 14.1. The number of carbonyl (C=O) groups is 1. The van der Waals surface area contributed by atoms with Crippen LogP contribution in [0, 0.1) is 22.9 Å². The second kappa shape index (κ2) is 5.57. The quantitative estimate of drug-likeness (QED) is 0.618. The molecule has 1 aliphatic heterocycles. The van der Waals surface area contributed by atoms with Crippen molar-refractivity contribution in [1.29, 1.82) is 0 Å². The van der Waals surface area contributed by atoms with Crippen LogP contribution in [-0.2, 0) is 11.2 Å². The number of halogens is 1. The number of anilines is 1. The lowest BCUT2D eigenvalue weighted by Crippen LogP contribution is -2.20. The number of nitrogens with one attached hydrogen (secondary N) is 1. The Kier molecular flexibility index (Phi) is 4.36. The molecule has 0 saturated carbocycles. The second-order valence-electron chi connectivity index (χ2n) is 3.67. The molecule has 98 valence electrons. The molecule has 0 bridgehead atoms. The van der Waals surface area contributed by atoms with Gasteiger partial charge in [0.2, 0.25) is 11.7 Å². The molecule has 1 amide bonds. The predicted molar refractivity (Wildman–Crippen MR) is 66.1 cm³/mol. The van der Waals surface area contributed by atoms with E-state index < -0.39 is 16.4 Å². The number of nitro benzene ring substituents is 1. The van der Waals surface area contributed by atoms with Crippen molar-refractivity contribution in [2.24, 2.45) is 0 Å². The molecule has 1 N–H and O–H groups in total. The van der Waals surface area contributed by atoms with Crippen LogP contribution >= 0.6 is 0 Å². The van der Waals surface area contributed by atoms with Crippen LogP contribution < -0.4 is 5.32 Å². The molecule has 0 unspecified atom stereocenters. The molecule has 18 heavy (non-hydrogen) atoms. The number of hydrogen-bond acceptors (Lipinski definition) is 3. The summed E-state index contributed by atoms with van der Waals surface area (Å²) in [6.45, 7) is 5.42. The van der Waals surface area contributed by atoms with Crippen molar-refractivity contribution >= 4 is 17.3 Å². The summed E-state index contributed by atoms with van der Waals surface area (Å²) in [4.78, 5) is 21.0. The van der Waals surface area contributed by atoms with Crippen LogP contribution in [0.2, 0.25) is 0 Å². The van der Waals surface area contributed by atoms with E-state index in [1.54, 1.807) is 0 Å². The predicted octanol–water partition coefficient (Wildman–Crippen LogP) is 2.95. The van der Waals surface area contributed by atoms with E-state index in [1.807, 2.05) is 13.8 Å². The fraction of sp³-hybridized carbons (Fsp3) is 0.417. The average Bonchev–Trinajstić information content (AvgIpc) is 2.36. The van der Waals surface area contributed by atoms with E-state index in [4.69, 9.17) is 0 Å². The molecule has 1 aromatic rings. The van der Waals surface area contributed by atoms with Crippen LogP contribution in [0.5, 0.6) is 0 Å². The zero-order valence-corrected chi connectivity index (χ0v) is 10.5. The highest BCUT2D eigenvalue weighted by Gasteiger charge is 2.25. The van der Waals surface area contributed by atoms with Gasteiger partial charge in [0.05, 0.1) is 10.6 Å². The van der Waals surface area contributed by atoms with Crippen LogP contribution in [0.3, 0.4) is 0 Å². The number of hydrogen-bond donors (Lipinski definition) is 1. The standard InChI is InChI=1S/C10H9FN2O3.C2H6/c1-5-9(11)7(13(15)16)4-6-2-3-8(14)12-10(5)6;1-2/h4H,2-3H2,1H3,(H,12,14);1-2H3. The molecule has 5 nitrogen and oxygen atoms in total. The molecular weight excluding hydrogens is 239 g/mol. The van der Waals surface area contributed by atoms with Gasteiger partial charge in [-0.2, -0.15) is 4.39 Å². The molecule has 0 radical (unpaired) electrons. The van der Waals surface area contributed by atoms with Gasteiger partial charge in [-0.05, 0) is 18.9 Å². The monoisotopic (exact) mass is 254 g/mol. The van der Waals surface area contributed by atoms with Gasteiger partial charge >= 0.3 is 5.69 Å². The Hall–Kier alpha value is -1.98. The maximum atomic E-state index is 13.6. The summed E-state index contributed by atoms with van der Waals surface area (Å²) in [7, 11) is 0. The summed E-state index contributed by atoms with van der Waals surface area (Å²) in [5.41, 5.74) is 0.578. The zero-order chi connectivity index (χ0) is 13.9. The van der Waals surface area contributed by atoms with Gasteiger partial charge in [0, 0.05) is 18.1 Å². The molecule has 2 rings (SSSR count). The van der Waals surface area contributed by atoms with Crippen LogP contribution in [0.4, 0.5) is 15.8 Å². The molecule has 6 heteroatoms. The van der Waals surface area contributed by atoms with Crippen molar-refractivity contribution in [3.05, 3.63) is 33.1 Å². The van der Waals surface area contributed by atoms with E-state index in [-0.39, 0.29) is 17.9 Å². The molecule has 0 atom stereocenters. The summed E-state index contributed by atoms with van der Waals surface area (Å²) in [6.07, 6.45) is 0.679. The number of rotatable bonds is 1. The minimum atomic E-state index is -0.883. The Morgan fingerprint density at radius 1 is 1.39 bits per heavy atom. The Bertz CT molecular complexity index is 501. The highest BCUT2D eigenvalue weighted by Crippen LogP contribution is 2.33. The molecule has 1 aromatic carbocycles. The van der Waals surface area contributed by atoms with E-state index in [9.17, 15) is 19.3 Å². The third kappa shape index (κ3) is 2.47. The van der Waals surface area contributed by atoms with Crippen LogP contribution in [0.25, 0.3) is 0 Å². The molecule has 1 heterocycles. The molecule has 0 fully saturated rings. The highest BCUT2D eigenvalue weighted by atomic mass is 19.1. The lowest BCUT2D eigenvalue weighted by molar-refractivity contribution is -0.387. The SMILES string of the molecule is CC.Cc1c(F)c([N+](=O)[O-])cc2c1NC(=O)CC2. The number of amides is 1. The number of benzene rings is 1. The van der Waals surface area contributed by atoms with E-state index >= 15 is 0 Å². The van der Waals surface area contributed by atoms with E-state index in [0.717, 1.165) is 0 Å². The third-order valence-corrected chi connectivity index (χ3v) is 2.64. The topological polar surface area (TPSA) is 72.2 Å². The summed E-state index contributed by atoms with van der Waals surface area (Å²) in [5.74, 6) is -1.07. The fourth-order valence-electron chi connectivity index (χ4n) is 1.80. The molecule has 0 aromatic heterocycles. The molecule has 0 spiro atoms. The maximum absolute atomic E-state index is 13.6. The molecule has 0 aliphatic carbocycles. The normalized spacial score (nSPS) is 13.0. The third-order valence-electron chi connectivity index (χ3n) is 2.64. The van der Waals surface area contributed by atoms with E-state index in [0.29, 0.717) is 17.7 Å². The minimum Gasteiger partial charge on any atom is -0.325 e. The number of nitro groups is 1. The molecule has 0 saturated heterocycles. The number of carbonyl (C=O) groups excluding carboxylic acids is 1. The van der Waals surface area contributed by atoms with Gasteiger partial charge in [-0.3, -0.25) is 14.9 Å². The Balaban J connectivity index is 0.000000771. The average molecular weight is 254 g/mol. The number of aryl methyl sites for hydroxylation is 1. The summed E-state index contributed by atoms with van der Waals surface area (Å²) < 4.78 is 13.6. The van der Waals surface area contributed by atoms with Gasteiger partial charge in [0.15, 0.2) is 0 Å². The van der Waals surface area contributed by atoms with Crippen molar-refractivity contribution in [3.8, 4) is 0 Å².